The number of para-hydroxylation sites is 1. The van der Waals surface area contributed by atoms with Crippen molar-refractivity contribution in [3.8, 4) is 0 Å². The summed E-state index contributed by atoms with van der Waals surface area (Å²) < 4.78 is 0. The Kier molecular flexibility index (Phi) is 2.69. The third-order valence-corrected chi connectivity index (χ3v) is 2.76. The number of rotatable bonds is 2. The van der Waals surface area contributed by atoms with E-state index >= 15 is 0 Å². The summed E-state index contributed by atoms with van der Waals surface area (Å²) in [6.07, 6.45) is -0.687. The van der Waals surface area contributed by atoms with Gasteiger partial charge in [0.05, 0.1) is 10.5 Å². The summed E-state index contributed by atoms with van der Waals surface area (Å²) >= 11 is 6.01. The monoisotopic (exact) mass is 224 g/mol. The lowest BCUT2D eigenvalue weighted by atomic mass is 10.1. The minimum absolute atomic E-state index is 0.308. The number of fused-ring (bicyclic) bond motifs is 1. The number of aromatic nitrogens is 1. The number of benzene rings is 1. The molecule has 1 heterocycles. The normalized spacial score (nSPS) is 15.5. The molecule has 0 aliphatic carbocycles. The molecule has 2 unspecified atom stereocenters. The summed E-state index contributed by atoms with van der Waals surface area (Å²) in [5, 5.41) is 11.4. The summed E-state index contributed by atoms with van der Waals surface area (Å²) in [6, 6.07) is 7.18. The van der Waals surface area contributed by atoms with E-state index in [1.54, 1.807) is 6.92 Å². The van der Waals surface area contributed by atoms with Gasteiger partial charge in [0.25, 0.3) is 0 Å². The Hall–Kier alpha value is -1.03. The van der Waals surface area contributed by atoms with Crippen molar-refractivity contribution in [2.45, 2.75) is 19.1 Å². The lowest BCUT2D eigenvalue weighted by Gasteiger charge is -2.11. The molecule has 0 radical (unpaired) electrons. The molecule has 2 aromatic rings. The van der Waals surface area contributed by atoms with Gasteiger partial charge >= 0.3 is 0 Å². The minimum Gasteiger partial charge on any atom is -0.385 e. The van der Waals surface area contributed by atoms with E-state index in [4.69, 9.17) is 17.3 Å². The fourth-order valence-corrected chi connectivity index (χ4v) is 1.81. The highest BCUT2D eigenvalue weighted by Crippen LogP contribution is 2.26. The molecular weight excluding hydrogens is 212 g/mol. The molecule has 0 amide bonds. The number of aliphatic hydroxyl groups excluding tert-OH is 1. The standard InChI is InChI=1S/C11H13ClN2O/c1-6(13)11(15)9-5-7-3-2-4-8(12)10(7)14-9/h2-6,11,14-15H,13H2,1H3. The second-order valence-electron chi connectivity index (χ2n) is 3.73. The largest absolute Gasteiger partial charge is 0.385 e. The van der Waals surface area contributed by atoms with Gasteiger partial charge in [0.1, 0.15) is 6.10 Å². The summed E-state index contributed by atoms with van der Waals surface area (Å²) in [6.45, 7) is 1.76. The fraction of sp³-hybridized carbons (Fsp3) is 0.273. The van der Waals surface area contributed by atoms with Crippen LogP contribution < -0.4 is 5.73 Å². The Morgan fingerprint density at radius 3 is 2.80 bits per heavy atom. The Balaban J connectivity index is 2.52. The molecule has 2 atom stereocenters. The summed E-state index contributed by atoms with van der Waals surface area (Å²) in [5.41, 5.74) is 7.17. The van der Waals surface area contributed by atoms with Crippen LogP contribution in [0.4, 0.5) is 0 Å². The maximum Gasteiger partial charge on any atom is 0.108 e. The van der Waals surface area contributed by atoms with Crippen molar-refractivity contribution in [3.05, 3.63) is 35.0 Å². The topological polar surface area (TPSA) is 62.0 Å². The maximum absolute atomic E-state index is 9.79. The molecule has 0 bridgehead atoms. The highest BCUT2D eigenvalue weighted by molar-refractivity contribution is 6.35. The van der Waals surface area contributed by atoms with Gasteiger partial charge < -0.3 is 15.8 Å². The Bertz CT molecular complexity index is 478. The SMILES string of the molecule is CC(N)C(O)c1cc2cccc(Cl)c2[nH]1. The number of hydrogen-bond acceptors (Lipinski definition) is 2. The Labute approximate surface area is 92.9 Å². The highest BCUT2D eigenvalue weighted by Gasteiger charge is 2.15. The first-order valence-electron chi connectivity index (χ1n) is 4.80. The van der Waals surface area contributed by atoms with E-state index < -0.39 is 6.10 Å². The number of H-pyrrole nitrogens is 1. The molecule has 15 heavy (non-hydrogen) atoms. The van der Waals surface area contributed by atoms with Crippen LogP contribution in [0.25, 0.3) is 10.9 Å². The van der Waals surface area contributed by atoms with E-state index in [0.717, 1.165) is 10.9 Å². The molecule has 0 spiro atoms. The molecule has 0 aliphatic rings. The molecule has 3 nitrogen and oxygen atoms in total. The summed E-state index contributed by atoms with van der Waals surface area (Å²) in [7, 11) is 0. The van der Waals surface area contributed by atoms with E-state index in [1.165, 1.54) is 0 Å². The second-order valence-corrected chi connectivity index (χ2v) is 4.14. The smallest absolute Gasteiger partial charge is 0.108 e. The van der Waals surface area contributed by atoms with Crippen LogP contribution >= 0.6 is 11.6 Å². The third kappa shape index (κ3) is 1.86. The van der Waals surface area contributed by atoms with Crippen LogP contribution in [0, 0.1) is 0 Å². The molecule has 0 saturated heterocycles. The number of aliphatic hydroxyl groups is 1. The van der Waals surface area contributed by atoms with E-state index in [-0.39, 0.29) is 6.04 Å². The van der Waals surface area contributed by atoms with Crippen molar-refractivity contribution < 1.29 is 5.11 Å². The van der Waals surface area contributed by atoms with E-state index in [0.29, 0.717) is 10.7 Å². The van der Waals surface area contributed by atoms with E-state index in [2.05, 4.69) is 4.98 Å². The molecular formula is C11H13ClN2O. The average Bonchev–Trinajstić information content (AvgIpc) is 2.61. The quantitative estimate of drug-likeness (QED) is 0.733. The number of nitrogens with one attached hydrogen (secondary N) is 1. The van der Waals surface area contributed by atoms with Crippen molar-refractivity contribution in [2.75, 3.05) is 0 Å². The first kappa shape index (κ1) is 10.5. The summed E-state index contributed by atoms with van der Waals surface area (Å²) in [4.78, 5) is 3.08. The predicted molar refractivity (Wildman–Crippen MR) is 61.9 cm³/mol. The van der Waals surface area contributed by atoms with Gasteiger partial charge in [-0.15, -0.1) is 0 Å². The van der Waals surface area contributed by atoms with Gasteiger partial charge in [-0.1, -0.05) is 23.7 Å². The minimum atomic E-state index is -0.687. The van der Waals surface area contributed by atoms with Crippen LogP contribution in [0.2, 0.25) is 5.02 Å². The van der Waals surface area contributed by atoms with Gasteiger partial charge in [-0.05, 0) is 19.1 Å². The molecule has 0 saturated carbocycles. The van der Waals surface area contributed by atoms with Crippen LogP contribution in [0.1, 0.15) is 18.7 Å². The van der Waals surface area contributed by atoms with Crippen molar-refractivity contribution in [3.63, 3.8) is 0 Å². The zero-order chi connectivity index (χ0) is 11.0. The first-order valence-corrected chi connectivity index (χ1v) is 5.18. The zero-order valence-electron chi connectivity index (χ0n) is 8.37. The van der Waals surface area contributed by atoms with Crippen LogP contribution in [-0.2, 0) is 0 Å². The van der Waals surface area contributed by atoms with Gasteiger partial charge in [-0.25, -0.2) is 0 Å². The molecule has 4 N–H and O–H groups in total. The van der Waals surface area contributed by atoms with Gasteiger partial charge in [0.15, 0.2) is 0 Å². The highest BCUT2D eigenvalue weighted by atomic mass is 35.5. The van der Waals surface area contributed by atoms with Crippen molar-refractivity contribution in [2.24, 2.45) is 5.73 Å². The fourth-order valence-electron chi connectivity index (χ4n) is 1.58. The lowest BCUT2D eigenvalue weighted by molar-refractivity contribution is 0.149. The van der Waals surface area contributed by atoms with E-state index in [9.17, 15) is 5.11 Å². The van der Waals surface area contributed by atoms with Crippen LogP contribution in [-0.4, -0.2) is 16.1 Å². The van der Waals surface area contributed by atoms with Gasteiger partial charge in [-0.2, -0.15) is 0 Å². The lowest BCUT2D eigenvalue weighted by Crippen LogP contribution is -2.24. The Morgan fingerprint density at radius 1 is 1.47 bits per heavy atom. The Morgan fingerprint density at radius 2 is 2.20 bits per heavy atom. The first-order chi connectivity index (χ1) is 7.09. The molecule has 80 valence electrons. The van der Waals surface area contributed by atoms with Gasteiger partial charge in [-0.3, -0.25) is 0 Å². The third-order valence-electron chi connectivity index (χ3n) is 2.44. The molecule has 2 rings (SSSR count). The number of halogens is 1. The summed E-state index contributed by atoms with van der Waals surface area (Å²) in [5.74, 6) is 0. The van der Waals surface area contributed by atoms with Crippen molar-refractivity contribution in [1.29, 1.82) is 0 Å². The number of nitrogens with two attached hydrogens (primary N) is 1. The van der Waals surface area contributed by atoms with Crippen LogP contribution in [0.3, 0.4) is 0 Å². The maximum atomic E-state index is 9.79. The van der Waals surface area contributed by atoms with Crippen LogP contribution in [0.15, 0.2) is 24.3 Å². The average molecular weight is 225 g/mol. The molecule has 1 aromatic carbocycles. The van der Waals surface area contributed by atoms with Crippen molar-refractivity contribution >= 4 is 22.5 Å². The number of aromatic amines is 1. The molecule has 1 aromatic heterocycles. The molecule has 0 fully saturated rings. The van der Waals surface area contributed by atoms with Crippen molar-refractivity contribution in [1.82, 2.24) is 4.98 Å². The molecule has 0 aliphatic heterocycles. The second kappa shape index (κ2) is 3.85. The van der Waals surface area contributed by atoms with Gasteiger partial charge in [0.2, 0.25) is 0 Å². The van der Waals surface area contributed by atoms with E-state index in [1.807, 2.05) is 24.3 Å². The molecule has 4 heteroatoms. The van der Waals surface area contributed by atoms with Crippen LogP contribution in [0.5, 0.6) is 0 Å². The van der Waals surface area contributed by atoms with Gasteiger partial charge in [0, 0.05) is 17.1 Å². The zero-order valence-corrected chi connectivity index (χ0v) is 9.12. The number of hydrogen-bond donors (Lipinski definition) is 3. The predicted octanol–water partition coefficient (Wildman–Crippen LogP) is 2.20.